The second-order valence-electron chi connectivity index (χ2n) is 11.5. The molecule has 1 fully saturated rings. The van der Waals surface area contributed by atoms with Crippen molar-refractivity contribution in [3.8, 4) is 0 Å². The number of nitrogens with one attached hydrogen (secondary N) is 1. The Morgan fingerprint density at radius 3 is 2.14 bits per heavy atom. The van der Waals surface area contributed by atoms with E-state index in [0.717, 1.165) is 6.26 Å². The summed E-state index contributed by atoms with van der Waals surface area (Å²) in [6, 6.07) is -0.889. The molecule has 214 valence electrons. The van der Waals surface area contributed by atoms with Crippen molar-refractivity contribution >= 4 is 18.0 Å². The number of carbonyl (C=O) groups is 3. The van der Waals surface area contributed by atoms with Gasteiger partial charge in [-0.15, -0.1) is 0 Å². The average Bonchev–Trinajstić information content (AvgIpc) is 3.12. The number of aliphatic hydroxyl groups is 1. The molecule has 2 amide bonds. The van der Waals surface area contributed by atoms with E-state index in [0.29, 0.717) is 26.1 Å². The quantitative estimate of drug-likeness (QED) is 0.297. The topological polar surface area (TPSA) is 124 Å². The summed E-state index contributed by atoms with van der Waals surface area (Å²) in [6.45, 7) is 18.4. The van der Waals surface area contributed by atoms with Crippen LogP contribution in [-0.2, 0) is 28.5 Å². The maximum atomic E-state index is 13.7. The van der Waals surface area contributed by atoms with Crippen molar-refractivity contribution in [1.82, 2.24) is 10.2 Å². The number of nitrogens with zero attached hydrogens (tertiary/aromatic N) is 1. The van der Waals surface area contributed by atoms with Gasteiger partial charge in [-0.05, 0) is 81.6 Å². The van der Waals surface area contributed by atoms with Gasteiger partial charge in [0.15, 0.2) is 0 Å². The van der Waals surface area contributed by atoms with Crippen LogP contribution >= 0.6 is 0 Å². The molecule has 0 aliphatic carbocycles. The molecule has 2 unspecified atom stereocenters. The van der Waals surface area contributed by atoms with Crippen molar-refractivity contribution < 1.29 is 38.4 Å². The van der Waals surface area contributed by atoms with Crippen LogP contribution in [0.15, 0.2) is 12.0 Å². The van der Waals surface area contributed by atoms with Gasteiger partial charge >= 0.3 is 12.1 Å². The Kier molecular flexibility index (Phi) is 11.9. The molecule has 0 radical (unpaired) electrons. The molecule has 4 atom stereocenters. The lowest BCUT2D eigenvalue weighted by Crippen LogP contribution is -2.58. The highest BCUT2D eigenvalue weighted by molar-refractivity contribution is 5.83. The third kappa shape index (κ3) is 9.81. The van der Waals surface area contributed by atoms with E-state index < -0.39 is 46.9 Å². The van der Waals surface area contributed by atoms with Crippen LogP contribution in [0.25, 0.3) is 0 Å². The van der Waals surface area contributed by atoms with E-state index in [-0.39, 0.29) is 24.6 Å². The number of aliphatic hydroxyl groups excluding tert-OH is 1. The van der Waals surface area contributed by atoms with E-state index >= 15 is 0 Å². The largest absolute Gasteiger partial charge is 0.514 e. The Hall–Kier alpha value is -2.33. The molecule has 1 heterocycles. The van der Waals surface area contributed by atoms with Crippen LogP contribution in [0.3, 0.4) is 0 Å². The molecule has 0 aromatic heterocycles. The Bertz CT molecular complexity index is 814. The van der Waals surface area contributed by atoms with Gasteiger partial charge < -0.3 is 29.4 Å². The van der Waals surface area contributed by atoms with E-state index in [2.05, 4.69) is 5.32 Å². The van der Waals surface area contributed by atoms with Crippen LogP contribution in [0.4, 0.5) is 4.79 Å². The Morgan fingerprint density at radius 2 is 1.68 bits per heavy atom. The summed E-state index contributed by atoms with van der Waals surface area (Å²) in [5.74, 6) is -1.41. The Labute approximate surface area is 222 Å². The van der Waals surface area contributed by atoms with Gasteiger partial charge in [0.2, 0.25) is 5.91 Å². The van der Waals surface area contributed by atoms with Gasteiger partial charge in [0.25, 0.3) is 0 Å². The lowest BCUT2D eigenvalue weighted by molar-refractivity contribution is -0.162. The fourth-order valence-electron chi connectivity index (χ4n) is 4.64. The van der Waals surface area contributed by atoms with Crippen molar-refractivity contribution in [2.45, 2.75) is 117 Å². The summed E-state index contributed by atoms with van der Waals surface area (Å²) < 4.78 is 23.2. The molecule has 10 nitrogen and oxygen atoms in total. The zero-order valence-corrected chi connectivity index (χ0v) is 24.3. The number of likely N-dealkylation sites (tertiary alicyclic amines) is 1. The molecule has 0 bridgehead atoms. The molecule has 0 spiro atoms. The molecule has 2 N–H and O–H groups in total. The number of ether oxygens (including phenoxy) is 4. The average molecular weight is 529 g/mol. The van der Waals surface area contributed by atoms with Gasteiger partial charge in [0.05, 0.1) is 30.2 Å². The van der Waals surface area contributed by atoms with Crippen LogP contribution in [0, 0.1) is 5.92 Å². The fraction of sp³-hybridized carbons (Fsp3) is 0.815. The first kappa shape index (κ1) is 32.7. The highest BCUT2D eigenvalue weighted by Gasteiger charge is 2.55. The summed E-state index contributed by atoms with van der Waals surface area (Å²) in [4.78, 5) is 40.4. The smallest absolute Gasteiger partial charge is 0.411 e. The Balaban J connectivity index is 3.65. The van der Waals surface area contributed by atoms with Gasteiger partial charge in [-0.3, -0.25) is 9.69 Å². The molecule has 0 saturated carbocycles. The van der Waals surface area contributed by atoms with Crippen molar-refractivity contribution in [1.29, 1.82) is 0 Å². The van der Waals surface area contributed by atoms with Gasteiger partial charge in [0, 0.05) is 26.1 Å². The molecule has 37 heavy (non-hydrogen) atoms. The lowest BCUT2D eigenvalue weighted by Gasteiger charge is -2.44. The number of esters is 1. The minimum atomic E-state index is -0.997. The fourth-order valence-corrected chi connectivity index (χ4v) is 4.64. The third-order valence-corrected chi connectivity index (χ3v) is 6.00. The van der Waals surface area contributed by atoms with E-state index in [1.54, 1.807) is 41.5 Å². The number of rotatable bonds is 11. The highest BCUT2D eigenvalue weighted by atomic mass is 16.6. The lowest BCUT2D eigenvalue weighted by atomic mass is 9.81. The van der Waals surface area contributed by atoms with Crippen LogP contribution in [0.1, 0.15) is 88.5 Å². The second-order valence-corrected chi connectivity index (χ2v) is 11.5. The third-order valence-electron chi connectivity index (χ3n) is 6.00. The van der Waals surface area contributed by atoms with Crippen LogP contribution in [-0.4, -0.2) is 76.7 Å². The van der Waals surface area contributed by atoms with Crippen LogP contribution in [0.2, 0.25) is 0 Å². The Morgan fingerprint density at radius 1 is 1.08 bits per heavy atom. The standard InChI is InChI=1S/C27H48N2O8/c1-11-34-17-27(15-20(18(3)35-12-2)21(16-30)28-19(4)31)14-13-22(23(32)36-25(5,6)7)29(27)24(33)37-26(8,9)10/h16,18,20,22,30H,11-15,17H2,1-10H3,(H,28,31)/t18?,20?,22-,27-/m1/s1. The predicted octanol–water partition coefficient (Wildman–Crippen LogP) is 4.47. The number of carbonyl (C=O) groups excluding carboxylic acids is 3. The summed E-state index contributed by atoms with van der Waals surface area (Å²) in [7, 11) is 0. The zero-order valence-electron chi connectivity index (χ0n) is 24.3. The molecule has 1 aliphatic rings. The molecular formula is C27H48N2O8. The molecule has 1 aliphatic heterocycles. The van der Waals surface area contributed by atoms with E-state index in [1.807, 2.05) is 20.8 Å². The van der Waals surface area contributed by atoms with E-state index in [9.17, 15) is 19.5 Å². The van der Waals surface area contributed by atoms with Crippen molar-refractivity contribution in [3.05, 3.63) is 12.0 Å². The van der Waals surface area contributed by atoms with Crippen LogP contribution < -0.4 is 5.32 Å². The van der Waals surface area contributed by atoms with Crippen molar-refractivity contribution in [2.75, 3.05) is 19.8 Å². The predicted molar refractivity (Wildman–Crippen MR) is 140 cm³/mol. The van der Waals surface area contributed by atoms with E-state index in [4.69, 9.17) is 18.9 Å². The molecule has 1 saturated heterocycles. The maximum Gasteiger partial charge on any atom is 0.411 e. The highest BCUT2D eigenvalue weighted by Crippen LogP contribution is 2.43. The first-order chi connectivity index (χ1) is 17.0. The number of amides is 2. The number of hydrogen-bond acceptors (Lipinski definition) is 8. The summed E-state index contributed by atoms with van der Waals surface area (Å²) in [6.07, 6.45) is 0.764. The summed E-state index contributed by atoms with van der Waals surface area (Å²) >= 11 is 0. The maximum absolute atomic E-state index is 13.7. The molecular weight excluding hydrogens is 480 g/mol. The second kappa shape index (κ2) is 13.5. The summed E-state index contributed by atoms with van der Waals surface area (Å²) in [5.41, 5.74) is -2.29. The molecule has 10 heteroatoms. The normalized spacial score (nSPS) is 22.4. The molecule has 0 aromatic carbocycles. The van der Waals surface area contributed by atoms with Gasteiger partial charge in [-0.1, -0.05) is 0 Å². The summed E-state index contributed by atoms with van der Waals surface area (Å²) in [5, 5.41) is 12.7. The monoisotopic (exact) mass is 528 g/mol. The minimum Gasteiger partial charge on any atom is -0.514 e. The molecule has 0 aromatic rings. The van der Waals surface area contributed by atoms with Gasteiger partial charge in [0.1, 0.15) is 17.2 Å². The van der Waals surface area contributed by atoms with Crippen molar-refractivity contribution in [2.24, 2.45) is 5.92 Å². The van der Waals surface area contributed by atoms with Gasteiger partial charge in [-0.2, -0.15) is 0 Å². The first-order valence-corrected chi connectivity index (χ1v) is 13.1. The minimum absolute atomic E-state index is 0.121. The SMILES string of the molecule is CCOC[C@]1(CC(C(=CO)NC(C)=O)C(C)OCC)CC[C@H](C(=O)OC(C)(C)C)N1C(=O)OC(C)(C)C. The number of hydrogen-bond donors (Lipinski definition) is 2. The zero-order chi connectivity index (χ0) is 28.6. The van der Waals surface area contributed by atoms with E-state index in [1.165, 1.54) is 11.8 Å². The van der Waals surface area contributed by atoms with Crippen LogP contribution in [0.5, 0.6) is 0 Å². The molecule has 1 rings (SSSR count). The van der Waals surface area contributed by atoms with Gasteiger partial charge in [-0.25, -0.2) is 9.59 Å². The first-order valence-electron chi connectivity index (χ1n) is 13.1. The van der Waals surface area contributed by atoms with Crippen molar-refractivity contribution in [3.63, 3.8) is 0 Å².